The molecule has 4 heteroatoms. The number of ether oxygens (including phenoxy) is 1. The molecule has 2 aliphatic heterocycles. The van der Waals surface area contributed by atoms with Crippen LogP contribution in [0.5, 0.6) is 0 Å². The molecule has 2 unspecified atom stereocenters. The third kappa shape index (κ3) is 2.52. The molecule has 0 amide bonds. The van der Waals surface area contributed by atoms with Crippen LogP contribution in [0.4, 0.5) is 0 Å². The predicted octanol–water partition coefficient (Wildman–Crippen LogP) is 2.15. The Morgan fingerprint density at radius 2 is 2.25 bits per heavy atom. The summed E-state index contributed by atoms with van der Waals surface area (Å²) < 4.78 is 5.75. The molecule has 1 saturated heterocycles. The molecule has 3 rings (SSSR count). The molecule has 0 spiro atoms. The van der Waals surface area contributed by atoms with Gasteiger partial charge in [-0.2, -0.15) is 0 Å². The number of aryl methyl sites for hydroxylation is 2. The van der Waals surface area contributed by atoms with Gasteiger partial charge >= 0.3 is 0 Å². The van der Waals surface area contributed by atoms with Crippen molar-refractivity contribution in [2.75, 3.05) is 19.7 Å². The fraction of sp³-hybridized carbons (Fsp3) is 0.562. The van der Waals surface area contributed by atoms with Gasteiger partial charge in [-0.15, -0.1) is 0 Å². The zero-order chi connectivity index (χ0) is 14.1. The summed E-state index contributed by atoms with van der Waals surface area (Å²) in [5.41, 5.74) is 10.0. The largest absolute Gasteiger partial charge is 0.376 e. The van der Waals surface area contributed by atoms with E-state index in [0.717, 1.165) is 32.5 Å². The van der Waals surface area contributed by atoms with Crippen LogP contribution < -0.4 is 5.73 Å². The quantitative estimate of drug-likeness (QED) is 0.918. The molecule has 1 aromatic carbocycles. The maximum Gasteiger partial charge on any atom is 0.192 e. The van der Waals surface area contributed by atoms with Gasteiger partial charge in [-0.3, -0.25) is 4.99 Å². The number of benzene rings is 1. The molecule has 0 radical (unpaired) electrons. The van der Waals surface area contributed by atoms with Crippen molar-refractivity contribution < 1.29 is 4.74 Å². The normalized spacial score (nSPS) is 26.1. The molecular weight excluding hydrogens is 250 g/mol. The van der Waals surface area contributed by atoms with E-state index in [2.05, 4.69) is 41.9 Å². The van der Waals surface area contributed by atoms with Crippen molar-refractivity contribution in [3.8, 4) is 0 Å². The Bertz CT molecular complexity index is 520. The van der Waals surface area contributed by atoms with E-state index in [4.69, 9.17) is 10.5 Å². The van der Waals surface area contributed by atoms with E-state index < -0.39 is 0 Å². The van der Waals surface area contributed by atoms with Gasteiger partial charge in [0.25, 0.3) is 0 Å². The summed E-state index contributed by atoms with van der Waals surface area (Å²) in [5.74, 6) is 0.659. The third-order valence-corrected chi connectivity index (χ3v) is 4.31. The first-order chi connectivity index (χ1) is 9.65. The summed E-state index contributed by atoms with van der Waals surface area (Å²) in [6.45, 7) is 6.78. The Kier molecular flexibility index (Phi) is 3.66. The Balaban J connectivity index is 1.82. The van der Waals surface area contributed by atoms with Crippen LogP contribution in [0, 0.1) is 13.8 Å². The molecule has 1 fully saturated rings. The van der Waals surface area contributed by atoms with Crippen molar-refractivity contribution in [1.82, 2.24) is 4.90 Å². The highest BCUT2D eigenvalue weighted by molar-refractivity contribution is 5.80. The van der Waals surface area contributed by atoms with E-state index in [1.165, 1.54) is 16.7 Å². The molecule has 108 valence electrons. The molecule has 0 bridgehead atoms. The predicted molar refractivity (Wildman–Crippen MR) is 80.8 cm³/mol. The van der Waals surface area contributed by atoms with Crippen LogP contribution in [0.3, 0.4) is 0 Å². The lowest BCUT2D eigenvalue weighted by Gasteiger charge is -2.30. The van der Waals surface area contributed by atoms with Gasteiger partial charge in [-0.05, 0) is 37.8 Å². The number of nitrogens with two attached hydrogens (primary N) is 1. The zero-order valence-electron chi connectivity index (χ0n) is 12.3. The van der Waals surface area contributed by atoms with Crippen molar-refractivity contribution >= 4 is 5.96 Å². The Morgan fingerprint density at radius 3 is 3.00 bits per heavy atom. The lowest BCUT2D eigenvalue weighted by atomic mass is 9.98. The second-order valence-electron chi connectivity index (χ2n) is 5.86. The van der Waals surface area contributed by atoms with Crippen molar-refractivity contribution in [3.05, 3.63) is 34.9 Å². The second-order valence-corrected chi connectivity index (χ2v) is 5.86. The van der Waals surface area contributed by atoms with Crippen LogP contribution in [-0.4, -0.2) is 36.7 Å². The highest BCUT2D eigenvalue weighted by atomic mass is 16.5. The van der Waals surface area contributed by atoms with Gasteiger partial charge in [0.05, 0.1) is 18.7 Å². The van der Waals surface area contributed by atoms with Crippen LogP contribution in [0.25, 0.3) is 0 Å². The minimum absolute atomic E-state index is 0.263. The Morgan fingerprint density at radius 1 is 1.40 bits per heavy atom. The van der Waals surface area contributed by atoms with Gasteiger partial charge in [-0.25, -0.2) is 0 Å². The number of rotatable bonds is 3. The van der Waals surface area contributed by atoms with Crippen molar-refractivity contribution in [2.45, 2.75) is 38.8 Å². The van der Waals surface area contributed by atoms with Gasteiger partial charge < -0.3 is 15.4 Å². The molecule has 0 saturated carbocycles. The van der Waals surface area contributed by atoms with Crippen molar-refractivity contribution in [2.24, 2.45) is 10.7 Å². The SMILES string of the molecule is Cc1ccc(C)c(C2CN=C(N)N2CC2CCCO2)c1. The van der Waals surface area contributed by atoms with Crippen LogP contribution >= 0.6 is 0 Å². The first-order valence-corrected chi connectivity index (χ1v) is 7.40. The molecule has 20 heavy (non-hydrogen) atoms. The highest BCUT2D eigenvalue weighted by Crippen LogP contribution is 2.30. The average molecular weight is 273 g/mol. The molecule has 4 nitrogen and oxygen atoms in total. The fourth-order valence-corrected chi connectivity index (χ4v) is 3.14. The summed E-state index contributed by atoms with van der Waals surface area (Å²) in [5, 5.41) is 0. The standard InChI is InChI=1S/C16H23N3O/c1-11-5-6-12(2)14(8-11)15-9-18-16(17)19(15)10-13-4-3-7-20-13/h5-6,8,13,15H,3-4,7,9-10H2,1-2H3,(H2,17,18). The van der Waals surface area contributed by atoms with E-state index in [1.807, 2.05) is 0 Å². The maximum atomic E-state index is 6.09. The Labute approximate surface area is 120 Å². The van der Waals surface area contributed by atoms with Crippen LogP contribution in [0.2, 0.25) is 0 Å². The number of guanidine groups is 1. The lowest BCUT2D eigenvalue weighted by Crippen LogP contribution is -2.41. The van der Waals surface area contributed by atoms with E-state index in [0.29, 0.717) is 12.1 Å². The van der Waals surface area contributed by atoms with Gasteiger partial charge in [-0.1, -0.05) is 23.8 Å². The van der Waals surface area contributed by atoms with Crippen molar-refractivity contribution in [1.29, 1.82) is 0 Å². The minimum Gasteiger partial charge on any atom is -0.376 e. The second kappa shape index (κ2) is 5.44. The summed E-state index contributed by atoms with van der Waals surface area (Å²) in [6, 6.07) is 6.86. The number of hydrogen-bond acceptors (Lipinski definition) is 4. The van der Waals surface area contributed by atoms with Crippen LogP contribution in [-0.2, 0) is 4.74 Å². The van der Waals surface area contributed by atoms with E-state index >= 15 is 0 Å². The van der Waals surface area contributed by atoms with E-state index in [-0.39, 0.29) is 6.04 Å². The molecule has 2 heterocycles. The summed E-state index contributed by atoms with van der Waals surface area (Å²) in [4.78, 5) is 6.67. The molecule has 2 aliphatic rings. The summed E-state index contributed by atoms with van der Waals surface area (Å²) >= 11 is 0. The lowest BCUT2D eigenvalue weighted by molar-refractivity contribution is 0.0852. The van der Waals surface area contributed by atoms with Gasteiger partial charge in [0.2, 0.25) is 0 Å². The Hall–Kier alpha value is -1.55. The monoisotopic (exact) mass is 273 g/mol. The van der Waals surface area contributed by atoms with Crippen LogP contribution in [0.1, 0.15) is 35.6 Å². The van der Waals surface area contributed by atoms with Gasteiger partial charge in [0.15, 0.2) is 5.96 Å². The first-order valence-electron chi connectivity index (χ1n) is 7.40. The zero-order valence-corrected chi connectivity index (χ0v) is 12.3. The molecule has 0 aromatic heterocycles. The number of hydrogen-bond donors (Lipinski definition) is 1. The molecule has 2 N–H and O–H groups in total. The maximum absolute atomic E-state index is 6.09. The van der Waals surface area contributed by atoms with Crippen LogP contribution in [0.15, 0.2) is 23.2 Å². The van der Waals surface area contributed by atoms with Gasteiger partial charge in [0, 0.05) is 13.2 Å². The number of aliphatic imine (C=N–C) groups is 1. The summed E-state index contributed by atoms with van der Waals surface area (Å²) in [6.07, 6.45) is 2.59. The van der Waals surface area contributed by atoms with E-state index in [1.54, 1.807) is 0 Å². The number of nitrogens with zero attached hydrogens (tertiary/aromatic N) is 2. The van der Waals surface area contributed by atoms with E-state index in [9.17, 15) is 0 Å². The first kappa shape index (κ1) is 13.4. The highest BCUT2D eigenvalue weighted by Gasteiger charge is 2.31. The van der Waals surface area contributed by atoms with Gasteiger partial charge in [0.1, 0.15) is 0 Å². The fourth-order valence-electron chi connectivity index (χ4n) is 3.14. The minimum atomic E-state index is 0.263. The molecule has 1 aromatic rings. The molecule has 0 aliphatic carbocycles. The third-order valence-electron chi connectivity index (χ3n) is 4.31. The molecule has 2 atom stereocenters. The molecular formula is C16H23N3O. The van der Waals surface area contributed by atoms with Crippen molar-refractivity contribution in [3.63, 3.8) is 0 Å². The topological polar surface area (TPSA) is 50.8 Å². The smallest absolute Gasteiger partial charge is 0.192 e. The summed E-state index contributed by atoms with van der Waals surface area (Å²) in [7, 11) is 0. The average Bonchev–Trinajstić information content (AvgIpc) is 3.05.